The maximum absolute atomic E-state index is 2.89. The summed E-state index contributed by atoms with van der Waals surface area (Å²) in [7, 11) is -0.446. The average molecular weight is 655 g/mol. The molecule has 0 spiro atoms. The third-order valence-corrected chi connectivity index (χ3v) is 7.84. The molecule has 5 aromatic rings. The van der Waals surface area contributed by atoms with E-state index in [0.29, 0.717) is 5.92 Å². The van der Waals surface area contributed by atoms with E-state index >= 15 is 0 Å². The molecule has 0 aromatic heterocycles. The van der Waals surface area contributed by atoms with Crippen LogP contribution in [0.3, 0.4) is 0 Å². The summed E-state index contributed by atoms with van der Waals surface area (Å²) in [5.41, 5.74) is 2.76. The van der Waals surface area contributed by atoms with Crippen LogP contribution >= 0.6 is 21.5 Å². The van der Waals surface area contributed by atoms with Gasteiger partial charge in [-0.15, -0.1) is 0 Å². The van der Waals surface area contributed by atoms with Gasteiger partial charge < -0.3 is 0 Å². The second-order valence-electron chi connectivity index (χ2n) is 8.48. The maximum atomic E-state index is 2.89. The van der Waals surface area contributed by atoms with Gasteiger partial charge >= 0.3 is 30.0 Å². The summed E-state index contributed by atoms with van der Waals surface area (Å²) in [6, 6.07) is 53.5. The van der Waals surface area contributed by atoms with Crippen LogP contribution in [0, 0.1) is 13.0 Å². The molecule has 0 aliphatic rings. The Bertz CT molecular complexity index is 1080. The van der Waals surface area contributed by atoms with Crippen LogP contribution < -0.4 is 15.9 Å². The van der Waals surface area contributed by atoms with Crippen LogP contribution in [-0.2, 0) is 16.3 Å². The van der Waals surface area contributed by atoms with Crippen molar-refractivity contribution in [1.82, 2.24) is 0 Å². The van der Waals surface area contributed by atoms with E-state index in [0.717, 1.165) is 0 Å². The molecule has 0 N–H and O–H groups in total. The molecule has 5 rings (SSSR count). The average Bonchev–Trinajstić information content (AvgIpc) is 2.98. The molecule has 0 aliphatic carbocycles. The van der Waals surface area contributed by atoms with Crippen molar-refractivity contribution >= 4 is 37.5 Å². The summed E-state index contributed by atoms with van der Waals surface area (Å²) < 4.78 is 0. The second-order valence-corrected chi connectivity index (χ2v) is 10.7. The van der Waals surface area contributed by atoms with Gasteiger partial charge in [0.2, 0.25) is 0 Å². The number of halogens is 1. The number of hydrogen-bond acceptors (Lipinski definition) is 0. The van der Waals surface area contributed by atoms with E-state index in [1.807, 2.05) is 30.3 Å². The van der Waals surface area contributed by atoms with E-state index in [1.165, 1.54) is 27.0 Å². The Hall–Kier alpha value is -2.37. The number of hydrogen-bond donors (Lipinski definition) is 0. The number of benzene rings is 5. The van der Waals surface area contributed by atoms with Crippen molar-refractivity contribution < 1.29 is 16.3 Å². The van der Waals surface area contributed by atoms with Crippen molar-refractivity contribution in [2.45, 2.75) is 26.7 Å². The summed E-state index contributed by atoms with van der Waals surface area (Å²) in [6.45, 7) is 6.54. The number of rotatable bonds is 4. The van der Waals surface area contributed by atoms with Crippen molar-refractivity contribution in [3.05, 3.63) is 163 Å². The molecule has 0 bridgehead atoms. The first kappa shape index (κ1) is 30.9. The molecule has 0 saturated heterocycles. The summed E-state index contributed by atoms with van der Waals surface area (Å²) in [4.78, 5) is 0. The van der Waals surface area contributed by atoms with Crippen molar-refractivity contribution in [3.8, 4) is 0 Å². The normalized spacial score (nSPS) is 9.70. The Balaban J connectivity index is 0.000000223. The molecule has 190 valence electrons. The SMILES string of the molecule is Cc1ccc(C(C)C)cc1.[Br][Ru+].[c-]1ccccc1.c1ccc(P(c2ccccc2)c2ccccc2)cc1. The van der Waals surface area contributed by atoms with E-state index in [1.54, 1.807) is 0 Å². The van der Waals surface area contributed by atoms with Gasteiger partial charge in [0.15, 0.2) is 0 Å². The number of aryl methyl sites for hydroxylation is 1. The molecule has 0 radical (unpaired) electrons. The molecule has 0 aliphatic heterocycles. The van der Waals surface area contributed by atoms with Crippen LogP contribution in [-0.4, -0.2) is 0 Å². The van der Waals surface area contributed by atoms with Gasteiger partial charge in [-0.25, -0.2) is 0 Å². The van der Waals surface area contributed by atoms with Crippen LogP contribution in [0.4, 0.5) is 0 Å². The quantitative estimate of drug-likeness (QED) is 0.103. The molecular weight excluding hydrogens is 620 g/mol. The van der Waals surface area contributed by atoms with Crippen molar-refractivity contribution in [3.63, 3.8) is 0 Å². The Morgan fingerprint density at radius 2 is 0.892 bits per heavy atom. The zero-order chi connectivity index (χ0) is 26.7. The van der Waals surface area contributed by atoms with E-state index < -0.39 is 7.92 Å². The van der Waals surface area contributed by atoms with Gasteiger partial charge in [-0.2, -0.15) is 36.4 Å². The molecule has 0 unspecified atom stereocenters. The predicted octanol–water partition coefficient (Wildman–Crippen LogP) is 8.89. The van der Waals surface area contributed by atoms with E-state index in [9.17, 15) is 0 Å². The van der Waals surface area contributed by atoms with Gasteiger partial charge in [0.1, 0.15) is 0 Å². The third-order valence-electron chi connectivity index (χ3n) is 5.39. The fraction of sp³-hybridized carbons (Fsp3) is 0.118. The van der Waals surface area contributed by atoms with Gasteiger partial charge in [0.25, 0.3) is 0 Å². The summed E-state index contributed by atoms with van der Waals surface area (Å²) in [5.74, 6) is 0.653. The zero-order valence-corrected chi connectivity index (χ0v) is 25.8. The summed E-state index contributed by atoms with van der Waals surface area (Å²) >= 11 is 5.03. The fourth-order valence-corrected chi connectivity index (χ4v) is 5.78. The molecule has 0 fully saturated rings. The van der Waals surface area contributed by atoms with Gasteiger partial charge in [-0.1, -0.05) is 135 Å². The molecule has 0 amide bonds. The Labute approximate surface area is 242 Å². The van der Waals surface area contributed by atoms with Crippen molar-refractivity contribution in [1.29, 1.82) is 0 Å². The first-order valence-electron chi connectivity index (χ1n) is 12.2. The monoisotopic (exact) mass is 654 g/mol. The minimum absolute atomic E-state index is 0.446. The van der Waals surface area contributed by atoms with Gasteiger partial charge in [-0.05, 0) is 42.2 Å². The van der Waals surface area contributed by atoms with Crippen LogP contribution in [0.15, 0.2) is 146 Å². The molecular formula is C34H34BrPRu. The minimum Gasteiger partial charge on any atom is -0.184 e. The molecule has 0 saturated carbocycles. The molecule has 3 heteroatoms. The first-order chi connectivity index (χ1) is 18.1. The van der Waals surface area contributed by atoms with Gasteiger partial charge in [0, 0.05) is 0 Å². The van der Waals surface area contributed by atoms with Crippen LogP contribution in [0.2, 0.25) is 0 Å². The third kappa shape index (κ3) is 11.7. The maximum Gasteiger partial charge on any atom is -0.0134 e. The van der Waals surface area contributed by atoms with Gasteiger partial charge in [-0.3, -0.25) is 0 Å². The molecule has 0 atom stereocenters. The smallest absolute Gasteiger partial charge is 0.0134 e. The fourth-order valence-electron chi connectivity index (χ4n) is 3.47. The largest absolute Gasteiger partial charge is 0.184 e. The Morgan fingerprint density at radius 3 is 1.16 bits per heavy atom. The molecule has 0 nitrogen and oxygen atoms in total. The van der Waals surface area contributed by atoms with E-state index in [-0.39, 0.29) is 0 Å². The van der Waals surface area contributed by atoms with Crippen LogP contribution in [0.1, 0.15) is 30.9 Å². The minimum atomic E-state index is -0.446. The Morgan fingerprint density at radius 1 is 0.541 bits per heavy atom. The zero-order valence-electron chi connectivity index (χ0n) is 21.6. The summed E-state index contributed by atoms with van der Waals surface area (Å²) in [6.07, 6.45) is 0. The molecule has 5 aromatic carbocycles. The van der Waals surface area contributed by atoms with Crippen molar-refractivity contribution in [2.24, 2.45) is 0 Å². The molecule has 37 heavy (non-hydrogen) atoms. The standard InChI is InChI=1S/C18H15P.C10H14.C6H5.BrH.Ru/c1-4-10-16(11-5-1)19(17-12-6-2-7-13-17)18-14-8-3-9-15-18;1-8(2)10-6-4-9(3)5-7-10;1-2-4-6-5-3-1;;/h1-15H;4-8H,1-3H3;1-5H;1H;/q;;-1;;+2/p-1. The second kappa shape index (κ2) is 18.8. The van der Waals surface area contributed by atoms with Crippen LogP contribution in [0.5, 0.6) is 0 Å². The van der Waals surface area contributed by atoms with Crippen LogP contribution in [0.25, 0.3) is 0 Å². The topological polar surface area (TPSA) is 0 Å². The van der Waals surface area contributed by atoms with E-state index in [2.05, 4.69) is 172 Å². The summed E-state index contributed by atoms with van der Waals surface area (Å²) in [5, 5.41) is 4.19. The molecule has 0 heterocycles. The van der Waals surface area contributed by atoms with E-state index in [4.69, 9.17) is 0 Å². The first-order valence-corrected chi connectivity index (χ1v) is 17.5. The van der Waals surface area contributed by atoms with Gasteiger partial charge in [0.05, 0.1) is 0 Å². The predicted molar refractivity (Wildman–Crippen MR) is 165 cm³/mol. The van der Waals surface area contributed by atoms with Crippen molar-refractivity contribution in [2.75, 3.05) is 0 Å². The Kier molecular flexibility index (Phi) is 15.7.